The van der Waals surface area contributed by atoms with Gasteiger partial charge in [-0.1, -0.05) is 36.4 Å². The molecule has 3 heteroatoms. The third kappa shape index (κ3) is 2.96. The van der Waals surface area contributed by atoms with Crippen LogP contribution in [0.1, 0.15) is 23.1 Å². The van der Waals surface area contributed by atoms with Gasteiger partial charge in [-0.2, -0.15) is 0 Å². The van der Waals surface area contributed by atoms with E-state index in [1.165, 1.54) is 12.1 Å². The number of benzene rings is 2. The van der Waals surface area contributed by atoms with Gasteiger partial charge in [0.25, 0.3) is 0 Å². The summed E-state index contributed by atoms with van der Waals surface area (Å²) >= 11 is 5.81. The van der Waals surface area contributed by atoms with E-state index >= 15 is 0 Å². The van der Waals surface area contributed by atoms with E-state index < -0.39 is 5.60 Å². The second kappa shape index (κ2) is 5.72. The van der Waals surface area contributed by atoms with Gasteiger partial charge < -0.3 is 5.11 Å². The van der Waals surface area contributed by atoms with E-state index in [1.54, 1.807) is 13.0 Å². The summed E-state index contributed by atoms with van der Waals surface area (Å²) in [5.74, 6) is -0.0556. The number of aryl methyl sites for hydroxylation is 1. The van der Waals surface area contributed by atoms with E-state index in [9.17, 15) is 9.50 Å². The average Bonchev–Trinajstić information content (AvgIpc) is 2.39. The fourth-order valence-electron chi connectivity index (χ4n) is 2.28. The molecule has 0 aliphatic rings. The van der Waals surface area contributed by atoms with Crippen LogP contribution in [0.3, 0.4) is 0 Å². The number of halogens is 2. The third-order valence-electron chi connectivity index (χ3n) is 3.23. The smallest absolute Gasteiger partial charge is 0.123 e. The Morgan fingerprint density at radius 1 is 1.11 bits per heavy atom. The normalized spacial score (nSPS) is 14.1. The van der Waals surface area contributed by atoms with Gasteiger partial charge in [-0.25, -0.2) is 4.39 Å². The van der Waals surface area contributed by atoms with Gasteiger partial charge in [0.1, 0.15) is 11.4 Å². The monoisotopic (exact) mass is 278 g/mol. The molecule has 100 valence electrons. The van der Waals surface area contributed by atoms with Crippen molar-refractivity contribution >= 4 is 11.6 Å². The van der Waals surface area contributed by atoms with Crippen molar-refractivity contribution in [3.05, 3.63) is 71.0 Å². The Bertz CT molecular complexity index is 536. The second-order valence-corrected chi connectivity index (χ2v) is 5.06. The maximum atomic E-state index is 13.6. The molecule has 0 saturated heterocycles. The zero-order valence-electron chi connectivity index (χ0n) is 10.7. The average molecular weight is 279 g/mol. The van der Waals surface area contributed by atoms with Gasteiger partial charge in [-0.15, -0.1) is 11.6 Å². The van der Waals surface area contributed by atoms with Gasteiger partial charge in [0, 0.05) is 5.88 Å². The van der Waals surface area contributed by atoms with Gasteiger partial charge in [0.15, 0.2) is 0 Å². The highest BCUT2D eigenvalue weighted by molar-refractivity contribution is 6.17. The van der Waals surface area contributed by atoms with Gasteiger partial charge in [-0.05, 0) is 42.2 Å². The van der Waals surface area contributed by atoms with Crippen molar-refractivity contribution < 1.29 is 9.50 Å². The minimum absolute atomic E-state index is 0.293. The zero-order chi connectivity index (χ0) is 13.9. The number of aliphatic hydroxyl groups is 1. The lowest BCUT2D eigenvalue weighted by Gasteiger charge is -2.29. The minimum Gasteiger partial charge on any atom is -0.380 e. The van der Waals surface area contributed by atoms with E-state index in [1.807, 2.05) is 30.3 Å². The molecule has 2 aromatic rings. The molecule has 0 saturated carbocycles. The van der Waals surface area contributed by atoms with Crippen LogP contribution < -0.4 is 0 Å². The Kier molecular flexibility index (Phi) is 4.23. The first kappa shape index (κ1) is 14.0. The number of alkyl halides is 1. The Hall–Kier alpha value is -1.38. The molecule has 2 rings (SSSR count). The molecule has 0 aliphatic heterocycles. The standard InChI is InChI=1S/C16H16ClFO/c1-12-9-14(11-15(18)10-12)16(19,7-8-17)13-5-3-2-4-6-13/h2-6,9-11,19H,7-8H2,1H3. The largest absolute Gasteiger partial charge is 0.380 e. The summed E-state index contributed by atoms with van der Waals surface area (Å²) < 4.78 is 13.6. The quantitative estimate of drug-likeness (QED) is 0.838. The molecule has 0 radical (unpaired) electrons. The maximum absolute atomic E-state index is 13.6. The van der Waals surface area contributed by atoms with Gasteiger partial charge >= 0.3 is 0 Å². The summed E-state index contributed by atoms with van der Waals surface area (Å²) in [4.78, 5) is 0. The zero-order valence-corrected chi connectivity index (χ0v) is 11.5. The maximum Gasteiger partial charge on any atom is 0.123 e. The molecule has 0 fully saturated rings. The Labute approximate surface area is 117 Å². The summed E-state index contributed by atoms with van der Waals surface area (Å²) in [7, 11) is 0. The summed E-state index contributed by atoms with van der Waals surface area (Å²) in [5.41, 5.74) is 0.784. The molecule has 0 aromatic heterocycles. The molecule has 0 aliphatic carbocycles. The lowest BCUT2D eigenvalue weighted by molar-refractivity contribution is 0.0771. The Morgan fingerprint density at radius 3 is 2.37 bits per heavy atom. The lowest BCUT2D eigenvalue weighted by Crippen LogP contribution is -2.28. The topological polar surface area (TPSA) is 20.2 Å². The molecule has 19 heavy (non-hydrogen) atoms. The molecule has 1 nitrogen and oxygen atoms in total. The van der Waals surface area contributed by atoms with Crippen LogP contribution in [0.25, 0.3) is 0 Å². The van der Waals surface area contributed by atoms with Crippen molar-refractivity contribution in [2.24, 2.45) is 0 Å². The van der Waals surface area contributed by atoms with Crippen LogP contribution in [-0.4, -0.2) is 11.0 Å². The van der Waals surface area contributed by atoms with Gasteiger partial charge in [-0.3, -0.25) is 0 Å². The fourth-order valence-corrected chi connectivity index (χ4v) is 2.55. The van der Waals surface area contributed by atoms with E-state index in [0.29, 0.717) is 17.9 Å². The van der Waals surface area contributed by atoms with Gasteiger partial charge in [0.05, 0.1) is 0 Å². The van der Waals surface area contributed by atoms with Crippen LogP contribution in [-0.2, 0) is 5.60 Å². The van der Waals surface area contributed by atoms with Crippen molar-refractivity contribution in [2.75, 3.05) is 5.88 Å². The molecule has 2 aromatic carbocycles. The predicted octanol–water partition coefficient (Wildman–Crippen LogP) is 4.00. The molecule has 0 bridgehead atoms. The molecule has 1 N–H and O–H groups in total. The molecule has 0 amide bonds. The second-order valence-electron chi connectivity index (χ2n) is 4.68. The first-order valence-electron chi connectivity index (χ1n) is 6.18. The highest BCUT2D eigenvalue weighted by Crippen LogP contribution is 2.34. The van der Waals surface area contributed by atoms with E-state index in [0.717, 1.165) is 11.1 Å². The van der Waals surface area contributed by atoms with Crippen LogP contribution in [0.4, 0.5) is 4.39 Å². The number of rotatable bonds is 4. The van der Waals surface area contributed by atoms with Crippen LogP contribution in [0.15, 0.2) is 48.5 Å². The Morgan fingerprint density at radius 2 is 1.79 bits per heavy atom. The van der Waals surface area contributed by atoms with Crippen LogP contribution in [0, 0.1) is 12.7 Å². The van der Waals surface area contributed by atoms with Gasteiger partial charge in [0.2, 0.25) is 0 Å². The van der Waals surface area contributed by atoms with E-state index in [2.05, 4.69) is 0 Å². The first-order chi connectivity index (χ1) is 9.06. The summed E-state index contributed by atoms with van der Waals surface area (Å²) in [6, 6.07) is 13.8. The Balaban J connectivity index is 2.56. The van der Waals surface area contributed by atoms with Crippen LogP contribution in [0.2, 0.25) is 0 Å². The van der Waals surface area contributed by atoms with Crippen molar-refractivity contribution in [1.29, 1.82) is 0 Å². The minimum atomic E-state index is -1.25. The van der Waals surface area contributed by atoms with Crippen molar-refractivity contribution in [3.8, 4) is 0 Å². The summed E-state index contributed by atoms with van der Waals surface area (Å²) in [6.45, 7) is 1.80. The summed E-state index contributed by atoms with van der Waals surface area (Å²) in [6.07, 6.45) is 0.335. The van der Waals surface area contributed by atoms with Crippen LogP contribution in [0.5, 0.6) is 0 Å². The highest BCUT2D eigenvalue weighted by atomic mass is 35.5. The molecular formula is C16H16ClFO. The first-order valence-corrected chi connectivity index (χ1v) is 6.71. The predicted molar refractivity (Wildman–Crippen MR) is 75.9 cm³/mol. The van der Waals surface area contributed by atoms with Crippen molar-refractivity contribution in [3.63, 3.8) is 0 Å². The van der Waals surface area contributed by atoms with Crippen molar-refractivity contribution in [2.45, 2.75) is 18.9 Å². The van der Waals surface area contributed by atoms with E-state index in [-0.39, 0.29) is 5.82 Å². The molecule has 1 unspecified atom stereocenters. The SMILES string of the molecule is Cc1cc(F)cc(C(O)(CCCl)c2ccccc2)c1. The fraction of sp³-hybridized carbons (Fsp3) is 0.250. The summed E-state index contributed by atoms with van der Waals surface area (Å²) in [5, 5.41) is 11.0. The van der Waals surface area contributed by atoms with E-state index in [4.69, 9.17) is 11.6 Å². The van der Waals surface area contributed by atoms with Crippen LogP contribution >= 0.6 is 11.6 Å². The van der Waals surface area contributed by atoms with Crippen molar-refractivity contribution in [1.82, 2.24) is 0 Å². The molecule has 0 heterocycles. The molecular weight excluding hydrogens is 263 g/mol. The molecule has 0 spiro atoms. The molecule has 1 atom stereocenters. The number of hydrogen-bond donors (Lipinski definition) is 1. The number of hydrogen-bond acceptors (Lipinski definition) is 1. The lowest BCUT2D eigenvalue weighted by atomic mass is 9.83. The third-order valence-corrected chi connectivity index (χ3v) is 3.42. The highest BCUT2D eigenvalue weighted by Gasteiger charge is 2.31.